The van der Waals surface area contributed by atoms with E-state index in [1.54, 1.807) is 7.05 Å². The first-order chi connectivity index (χ1) is 10.2. The lowest BCUT2D eigenvalue weighted by atomic mass is 9.75. The van der Waals surface area contributed by atoms with E-state index in [0.29, 0.717) is 30.6 Å². The largest absolute Gasteiger partial charge is 0.350 e. The molecule has 1 heterocycles. The van der Waals surface area contributed by atoms with Gasteiger partial charge in [0.15, 0.2) is 5.78 Å². The highest BCUT2D eigenvalue weighted by Gasteiger charge is 2.32. The Balaban J connectivity index is 2.29. The van der Waals surface area contributed by atoms with Gasteiger partial charge in [-0.3, -0.25) is 14.4 Å². The molecule has 1 atom stereocenters. The Hall–Kier alpha value is -1.95. The Morgan fingerprint density at radius 3 is 2.68 bits per heavy atom. The lowest BCUT2D eigenvalue weighted by Crippen LogP contribution is -2.40. The number of carbonyl (C=O) groups is 2. The first-order valence-electron chi connectivity index (χ1n) is 7.48. The first kappa shape index (κ1) is 16.4. The minimum atomic E-state index is -0.455. The number of fused-ring (bicyclic) bond motifs is 1. The predicted octanol–water partition coefficient (Wildman–Crippen LogP) is 0.868. The summed E-state index contributed by atoms with van der Waals surface area (Å²) in [4.78, 5) is 39.2. The topological polar surface area (TPSA) is 91.1 Å². The zero-order valence-electron chi connectivity index (χ0n) is 13.5. The van der Waals surface area contributed by atoms with E-state index in [4.69, 9.17) is 0 Å². The van der Waals surface area contributed by atoms with Gasteiger partial charge in [0, 0.05) is 30.3 Å². The number of hydrogen-bond donors (Lipinski definition) is 3. The third-order valence-electron chi connectivity index (χ3n) is 4.02. The minimum Gasteiger partial charge on any atom is -0.350 e. The smallest absolute Gasteiger partial charge is 0.261 e. The highest BCUT2D eigenvalue weighted by atomic mass is 16.2. The van der Waals surface area contributed by atoms with Gasteiger partial charge in [-0.15, -0.1) is 0 Å². The number of nitrogens with one attached hydrogen (secondary N) is 3. The van der Waals surface area contributed by atoms with Crippen LogP contribution in [0.15, 0.2) is 10.9 Å². The molecule has 2 rings (SSSR count). The second-order valence-corrected chi connectivity index (χ2v) is 6.75. The van der Waals surface area contributed by atoms with Crippen LogP contribution in [0.5, 0.6) is 0 Å². The maximum Gasteiger partial charge on any atom is 0.261 e. The molecule has 1 aliphatic rings. The van der Waals surface area contributed by atoms with Gasteiger partial charge in [0.05, 0.1) is 0 Å². The Morgan fingerprint density at radius 2 is 2.05 bits per heavy atom. The van der Waals surface area contributed by atoms with E-state index >= 15 is 0 Å². The Morgan fingerprint density at radius 1 is 1.36 bits per heavy atom. The summed E-state index contributed by atoms with van der Waals surface area (Å²) in [5.41, 5.74) is 0.477. The molecule has 0 fully saturated rings. The molecule has 0 bridgehead atoms. The van der Waals surface area contributed by atoms with Crippen LogP contribution in [0.2, 0.25) is 0 Å². The molecule has 22 heavy (non-hydrogen) atoms. The normalized spacial score (nSPS) is 17.7. The van der Waals surface area contributed by atoms with Crippen LogP contribution in [0, 0.1) is 5.41 Å². The third kappa shape index (κ3) is 3.44. The van der Waals surface area contributed by atoms with Crippen molar-refractivity contribution in [2.45, 2.75) is 39.7 Å². The molecule has 1 unspecified atom stereocenters. The Kier molecular flexibility index (Phi) is 4.51. The van der Waals surface area contributed by atoms with Gasteiger partial charge in [-0.2, -0.15) is 0 Å². The molecule has 1 aromatic rings. The standard InChI is InChI=1S/C16H23N3O3/c1-9(17-4)8-18-14(21)11-5-10-12(19-15(11)22)6-16(2,3)7-13(10)20/h5,9,17H,6-8H2,1-4H3,(H,18,21)(H,19,22). The number of amides is 1. The van der Waals surface area contributed by atoms with E-state index in [0.717, 1.165) is 0 Å². The average Bonchev–Trinajstić information content (AvgIpc) is 2.42. The zero-order chi connectivity index (χ0) is 16.5. The summed E-state index contributed by atoms with van der Waals surface area (Å²) >= 11 is 0. The van der Waals surface area contributed by atoms with Gasteiger partial charge < -0.3 is 15.6 Å². The molecule has 0 radical (unpaired) electrons. The van der Waals surface area contributed by atoms with Gasteiger partial charge >= 0.3 is 0 Å². The number of likely N-dealkylation sites (N-methyl/N-ethyl adjacent to an activating group) is 1. The van der Waals surface area contributed by atoms with Gasteiger partial charge in [-0.05, 0) is 31.9 Å². The third-order valence-corrected chi connectivity index (χ3v) is 4.02. The highest BCUT2D eigenvalue weighted by Crippen LogP contribution is 2.33. The maximum atomic E-state index is 12.2. The zero-order valence-corrected chi connectivity index (χ0v) is 13.5. The second-order valence-electron chi connectivity index (χ2n) is 6.75. The predicted molar refractivity (Wildman–Crippen MR) is 84.4 cm³/mol. The number of pyridine rings is 1. The number of aromatic amines is 1. The molecule has 3 N–H and O–H groups in total. The van der Waals surface area contributed by atoms with E-state index in [1.165, 1.54) is 6.07 Å². The van der Waals surface area contributed by atoms with E-state index < -0.39 is 11.5 Å². The van der Waals surface area contributed by atoms with Crippen LogP contribution < -0.4 is 16.2 Å². The van der Waals surface area contributed by atoms with Crippen molar-refractivity contribution in [3.8, 4) is 0 Å². The minimum absolute atomic E-state index is 0.00453. The number of carbonyl (C=O) groups excluding carboxylic acids is 2. The van der Waals surface area contributed by atoms with E-state index in [-0.39, 0.29) is 22.8 Å². The fraction of sp³-hybridized carbons (Fsp3) is 0.562. The summed E-state index contributed by atoms with van der Waals surface area (Å²) in [6.45, 7) is 6.31. The van der Waals surface area contributed by atoms with Gasteiger partial charge in [-0.25, -0.2) is 0 Å². The van der Waals surface area contributed by atoms with Crippen LogP contribution >= 0.6 is 0 Å². The van der Waals surface area contributed by atoms with Crippen LogP contribution in [0.3, 0.4) is 0 Å². The number of hydrogen-bond acceptors (Lipinski definition) is 4. The molecule has 0 aliphatic heterocycles. The van der Waals surface area contributed by atoms with Crippen molar-refractivity contribution >= 4 is 11.7 Å². The molecule has 0 spiro atoms. The molecule has 1 aromatic heterocycles. The van der Waals surface area contributed by atoms with Crippen LogP contribution in [0.25, 0.3) is 0 Å². The van der Waals surface area contributed by atoms with Crippen LogP contribution in [-0.2, 0) is 6.42 Å². The SMILES string of the molecule is CNC(C)CNC(=O)c1cc2c([nH]c1=O)CC(C)(C)CC2=O. The van der Waals surface area contributed by atoms with E-state index in [2.05, 4.69) is 15.6 Å². The van der Waals surface area contributed by atoms with Gasteiger partial charge in [0.1, 0.15) is 5.56 Å². The van der Waals surface area contributed by atoms with Crippen molar-refractivity contribution in [3.63, 3.8) is 0 Å². The van der Waals surface area contributed by atoms with Crippen molar-refractivity contribution in [1.29, 1.82) is 0 Å². The molecule has 6 heteroatoms. The summed E-state index contributed by atoms with van der Waals surface area (Å²) in [5, 5.41) is 5.69. The molecular weight excluding hydrogens is 282 g/mol. The summed E-state index contributed by atoms with van der Waals surface area (Å²) < 4.78 is 0. The molecular formula is C16H23N3O3. The summed E-state index contributed by atoms with van der Waals surface area (Å²) in [6, 6.07) is 1.54. The summed E-state index contributed by atoms with van der Waals surface area (Å²) in [6.07, 6.45) is 1.05. The molecule has 6 nitrogen and oxygen atoms in total. The quantitative estimate of drug-likeness (QED) is 0.770. The number of H-pyrrole nitrogens is 1. The second kappa shape index (κ2) is 6.04. The van der Waals surface area contributed by atoms with Crippen molar-refractivity contribution < 1.29 is 9.59 Å². The number of Topliss-reactive ketones (excluding diaryl/α,β-unsaturated/α-hetero) is 1. The first-order valence-corrected chi connectivity index (χ1v) is 7.48. The molecule has 0 saturated carbocycles. The van der Waals surface area contributed by atoms with E-state index in [1.807, 2.05) is 20.8 Å². The monoisotopic (exact) mass is 305 g/mol. The van der Waals surface area contributed by atoms with Gasteiger partial charge in [-0.1, -0.05) is 13.8 Å². The fourth-order valence-corrected chi connectivity index (χ4v) is 2.64. The van der Waals surface area contributed by atoms with Gasteiger partial charge in [0.2, 0.25) is 0 Å². The van der Waals surface area contributed by atoms with E-state index in [9.17, 15) is 14.4 Å². The summed E-state index contributed by atoms with van der Waals surface area (Å²) in [5.74, 6) is -0.482. The van der Waals surface area contributed by atoms with Crippen molar-refractivity contribution in [2.75, 3.05) is 13.6 Å². The lowest BCUT2D eigenvalue weighted by Gasteiger charge is -2.29. The summed E-state index contributed by atoms with van der Waals surface area (Å²) in [7, 11) is 1.79. The number of rotatable bonds is 4. The average molecular weight is 305 g/mol. The number of ketones is 1. The molecule has 0 saturated heterocycles. The molecule has 1 amide bonds. The molecule has 0 aromatic carbocycles. The van der Waals surface area contributed by atoms with Crippen molar-refractivity contribution in [1.82, 2.24) is 15.6 Å². The Bertz CT molecular complexity index is 661. The number of aromatic nitrogens is 1. The van der Waals surface area contributed by atoms with Crippen molar-refractivity contribution in [2.24, 2.45) is 5.41 Å². The molecule has 1 aliphatic carbocycles. The maximum absolute atomic E-state index is 12.2. The van der Waals surface area contributed by atoms with Crippen LogP contribution in [-0.4, -0.2) is 36.3 Å². The highest BCUT2D eigenvalue weighted by molar-refractivity contribution is 6.02. The van der Waals surface area contributed by atoms with Crippen LogP contribution in [0.1, 0.15) is 53.6 Å². The van der Waals surface area contributed by atoms with Gasteiger partial charge in [0.25, 0.3) is 11.5 Å². The van der Waals surface area contributed by atoms with Crippen LogP contribution in [0.4, 0.5) is 0 Å². The Labute approximate surface area is 129 Å². The lowest BCUT2D eigenvalue weighted by molar-refractivity contribution is 0.0910. The fourth-order valence-electron chi connectivity index (χ4n) is 2.64. The van der Waals surface area contributed by atoms with Crippen molar-refractivity contribution in [3.05, 3.63) is 33.2 Å². The molecule has 120 valence electrons.